The van der Waals surface area contributed by atoms with E-state index in [0.717, 1.165) is 6.67 Å². The summed E-state index contributed by atoms with van der Waals surface area (Å²) in [6.07, 6.45) is 5.48. The van der Waals surface area contributed by atoms with E-state index in [2.05, 4.69) is 47.6 Å². The van der Waals surface area contributed by atoms with Gasteiger partial charge in [-0.1, -0.05) is 6.92 Å². The molecule has 0 bridgehead atoms. The Kier molecular flexibility index (Phi) is 5.50. The van der Waals surface area contributed by atoms with Crippen LogP contribution in [-0.2, 0) is 0 Å². The molecule has 4 N–H and O–H groups in total. The number of carbonyl (C=O) groups is 1. The summed E-state index contributed by atoms with van der Waals surface area (Å²) in [5.41, 5.74) is 8.50. The molecule has 1 aliphatic rings. The van der Waals surface area contributed by atoms with Crippen LogP contribution in [0.1, 0.15) is 13.3 Å². The van der Waals surface area contributed by atoms with Gasteiger partial charge >= 0.3 is 6.03 Å². The summed E-state index contributed by atoms with van der Waals surface area (Å²) in [5.74, 6) is 0. The van der Waals surface area contributed by atoms with E-state index in [1.54, 1.807) is 0 Å². The maximum Gasteiger partial charge on any atom is 0.309 e. The highest BCUT2D eigenvalue weighted by molar-refractivity contribution is 5.69. The summed E-state index contributed by atoms with van der Waals surface area (Å²) in [7, 11) is 2.09. The van der Waals surface area contributed by atoms with Crippen LogP contribution in [0.25, 0.3) is 0 Å². The number of amides is 2. The largest absolute Gasteiger partial charge is 0.362 e. The monoisotopic (exact) mass is 186 g/mol. The molecule has 0 spiro atoms. The van der Waals surface area contributed by atoms with Crippen molar-refractivity contribution in [1.29, 1.82) is 0 Å². The summed E-state index contributed by atoms with van der Waals surface area (Å²) in [6, 6.07) is -0.833. The number of urea groups is 1. The molecule has 0 unspecified atom stereocenters. The summed E-state index contributed by atoms with van der Waals surface area (Å²) in [4.78, 5) is 13.5. The van der Waals surface area contributed by atoms with Crippen LogP contribution in [0.5, 0.6) is 0 Å². The van der Waals surface area contributed by atoms with Gasteiger partial charge in [-0.05, 0) is 6.42 Å². The molecule has 0 radical (unpaired) electrons. The summed E-state index contributed by atoms with van der Waals surface area (Å²) in [5, 5.41) is 0. The van der Waals surface area contributed by atoms with E-state index in [4.69, 9.17) is 4.79 Å². The van der Waals surface area contributed by atoms with Gasteiger partial charge in [0.25, 0.3) is 0 Å². The fourth-order valence-electron chi connectivity index (χ4n) is 1.02. The van der Waals surface area contributed by atoms with Crippen LogP contribution in [-0.4, -0.2) is 36.1 Å². The second-order valence-corrected chi connectivity index (χ2v) is 2.91. The van der Waals surface area contributed by atoms with Crippen LogP contribution in [0, 0.1) is 0 Å². The first-order valence-corrected chi connectivity index (χ1v) is 4.23. The van der Waals surface area contributed by atoms with Crippen LogP contribution >= 0.6 is 0 Å². The first-order chi connectivity index (χ1) is 6.06. The fourth-order valence-corrected chi connectivity index (χ4v) is 1.02. The lowest BCUT2D eigenvalue weighted by molar-refractivity contribution is 0.256. The van der Waals surface area contributed by atoms with Crippen LogP contribution in [0.4, 0.5) is 4.79 Å². The standard InChI is InChI=1S/C7H14N2.CH4N2O/c1-3-4-9-6-5-8(2)7-9;2-1(3)4/h5-6H,3-4,7H2,1-2H3;(H4,2,3,4). The fraction of sp³-hybridized carbons (Fsp3) is 0.625. The molecule has 5 nitrogen and oxygen atoms in total. The third-order valence-electron chi connectivity index (χ3n) is 1.45. The molecule has 2 amide bonds. The number of nitrogens with two attached hydrogens (primary N) is 2. The zero-order valence-corrected chi connectivity index (χ0v) is 8.23. The molecule has 0 fully saturated rings. The van der Waals surface area contributed by atoms with E-state index in [1.807, 2.05) is 0 Å². The van der Waals surface area contributed by atoms with Crippen molar-refractivity contribution in [3.05, 3.63) is 12.4 Å². The van der Waals surface area contributed by atoms with E-state index in [-0.39, 0.29) is 0 Å². The van der Waals surface area contributed by atoms with Crippen LogP contribution in [0.15, 0.2) is 12.4 Å². The molecule has 0 aromatic rings. The van der Waals surface area contributed by atoms with Crippen LogP contribution < -0.4 is 11.5 Å². The number of hydrogen-bond donors (Lipinski definition) is 2. The lowest BCUT2D eigenvalue weighted by Crippen LogP contribution is -2.22. The molecule has 76 valence electrons. The minimum absolute atomic E-state index is 0.833. The van der Waals surface area contributed by atoms with E-state index >= 15 is 0 Å². The van der Waals surface area contributed by atoms with Crippen molar-refractivity contribution in [2.24, 2.45) is 11.5 Å². The first kappa shape index (κ1) is 11.6. The number of rotatable bonds is 2. The molecule has 0 saturated carbocycles. The Hall–Kier alpha value is -1.39. The minimum atomic E-state index is -0.833. The molecule has 0 aliphatic carbocycles. The van der Waals surface area contributed by atoms with Crippen molar-refractivity contribution in [1.82, 2.24) is 9.80 Å². The zero-order chi connectivity index (χ0) is 10.3. The topological polar surface area (TPSA) is 75.6 Å². The summed E-state index contributed by atoms with van der Waals surface area (Å²) < 4.78 is 0. The second-order valence-electron chi connectivity index (χ2n) is 2.91. The third kappa shape index (κ3) is 6.99. The molecule has 0 aromatic heterocycles. The molecule has 0 saturated heterocycles. The predicted molar refractivity (Wildman–Crippen MR) is 52.5 cm³/mol. The van der Waals surface area contributed by atoms with Gasteiger partial charge in [-0.3, -0.25) is 0 Å². The normalized spacial score (nSPS) is 14.0. The van der Waals surface area contributed by atoms with E-state index in [0.29, 0.717) is 0 Å². The van der Waals surface area contributed by atoms with E-state index < -0.39 is 6.03 Å². The third-order valence-corrected chi connectivity index (χ3v) is 1.45. The van der Waals surface area contributed by atoms with E-state index in [1.165, 1.54) is 13.0 Å². The summed E-state index contributed by atoms with van der Waals surface area (Å²) >= 11 is 0. The maximum absolute atomic E-state index is 9.00. The molecule has 13 heavy (non-hydrogen) atoms. The molecule has 1 aliphatic heterocycles. The summed E-state index contributed by atoms with van der Waals surface area (Å²) in [6.45, 7) is 4.45. The number of carbonyl (C=O) groups excluding carboxylic acids is 1. The Morgan fingerprint density at radius 2 is 2.00 bits per heavy atom. The quantitative estimate of drug-likeness (QED) is 0.642. The molecule has 1 rings (SSSR count). The predicted octanol–water partition coefficient (Wildman–Crippen LogP) is 0.0963. The van der Waals surface area contributed by atoms with Crippen molar-refractivity contribution in [2.45, 2.75) is 13.3 Å². The smallest absolute Gasteiger partial charge is 0.309 e. The molecular formula is C8H18N4O. The van der Waals surface area contributed by atoms with Gasteiger partial charge in [0.15, 0.2) is 0 Å². The second kappa shape index (κ2) is 6.16. The number of primary amides is 2. The molecule has 0 atom stereocenters. The van der Waals surface area contributed by atoms with Crippen molar-refractivity contribution < 1.29 is 4.79 Å². The van der Waals surface area contributed by atoms with Crippen LogP contribution in [0.2, 0.25) is 0 Å². The van der Waals surface area contributed by atoms with Crippen molar-refractivity contribution in [3.8, 4) is 0 Å². The lowest BCUT2D eigenvalue weighted by atomic mass is 10.4. The Morgan fingerprint density at radius 3 is 2.31 bits per heavy atom. The maximum atomic E-state index is 9.00. The first-order valence-electron chi connectivity index (χ1n) is 4.23. The number of nitrogens with zero attached hydrogens (tertiary/aromatic N) is 2. The highest BCUT2D eigenvalue weighted by Crippen LogP contribution is 2.02. The van der Waals surface area contributed by atoms with Gasteiger partial charge in [-0.2, -0.15) is 0 Å². The Labute approximate surface area is 79.0 Å². The van der Waals surface area contributed by atoms with Gasteiger partial charge in [-0.15, -0.1) is 0 Å². The lowest BCUT2D eigenvalue weighted by Gasteiger charge is -2.16. The Morgan fingerprint density at radius 1 is 1.46 bits per heavy atom. The Bertz CT molecular complexity index is 177. The van der Waals surface area contributed by atoms with Gasteiger partial charge < -0.3 is 21.3 Å². The van der Waals surface area contributed by atoms with Gasteiger partial charge in [0.05, 0.1) is 6.67 Å². The van der Waals surface area contributed by atoms with Gasteiger partial charge in [0, 0.05) is 26.0 Å². The SMILES string of the molecule is CCCN1C=CN(C)C1.NC(N)=O. The van der Waals surface area contributed by atoms with Crippen molar-refractivity contribution in [3.63, 3.8) is 0 Å². The minimum Gasteiger partial charge on any atom is -0.362 e. The van der Waals surface area contributed by atoms with Crippen molar-refractivity contribution in [2.75, 3.05) is 20.3 Å². The Balaban J connectivity index is 0.000000310. The van der Waals surface area contributed by atoms with Crippen LogP contribution in [0.3, 0.4) is 0 Å². The molecule has 5 heteroatoms. The average molecular weight is 186 g/mol. The van der Waals surface area contributed by atoms with E-state index in [9.17, 15) is 0 Å². The highest BCUT2D eigenvalue weighted by atomic mass is 16.2. The zero-order valence-electron chi connectivity index (χ0n) is 8.23. The number of hydrogen-bond acceptors (Lipinski definition) is 3. The van der Waals surface area contributed by atoms with Gasteiger partial charge in [-0.25, -0.2) is 4.79 Å². The molecular weight excluding hydrogens is 168 g/mol. The molecule has 1 heterocycles. The van der Waals surface area contributed by atoms with Crippen molar-refractivity contribution >= 4 is 6.03 Å². The average Bonchev–Trinajstić information content (AvgIpc) is 2.35. The van der Waals surface area contributed by atoms with Gasteiger partial charge in [0.2, 0.25) is 0 Å². The van der Waals surface area contributed by atoms with Gasteiger partial charge in [0.1, 0.15) is 0 Å². The molecule has 0 aromatic carbocycles. The highest BCUT2D eigenvalue weighted by Gasteiger charge is 2.04.